The van der Waals surface area contributed by atoms with Crippen molar-refractivity contribution in [3.8, 4) is 5.75 Å². The van der Waals surface area contributed by atoms with E-state index in [1.165, 1.54) is 13.2 Å². The van der Waals surface area contributed by atoms with Crippen LogP contribution < -0.4 is 10.1 Å². The number of para-hydroxylation sites is 1. The Hall–Kier alpha value is -2.81. The zero-order valence-electron chi connectivity index (χ0n) is 15.7. The summed E-state index contributed by atoms with van der Waals surface area (Å²) in [5.74, 6) is -1.08. The summed E-state index contributed by atoms with van der Waals surface area (Å²) < 4.78 is 9.94. The van der Waals surface area contributed by atoms with Gasteiger partial charge in [0.05, 0.1) is 12.0 Å². The summed E-state index contributed by atoms with van der Waals surface area (Å²) in [5, 5.41) is 2.18. The summed E-state index contributed by atoms with van der Waals surface area (Å²) >= 11 is 0.756. The molecule has 1 aromatic rings. The van der Waals surface area contributed by atoms with Gasteiger partial charge in [0.25, 0.3) is 11.1 Å². The van der Waals surface area contributed by atoms with E-state index in [0.717, 1.165) is 29.5 Å². The third-order valence-electron chi connectivity index (χ3n) is 3.81. The van der Waals surface area contributed by atoms with E-state index < -0.39 is 17.1 Å². The number of carbonyl (C=O) groups is 4. The predicted molar refractivity (Wildman–Crippen MR) is 105 cm³/mol. The zero-order valence-corrected chi connectivity index (χ0v) is 16.5. The van der Waals surface area contributed by atoms with Crippen LogP contribution >= 0.6 is 11.8 Å². The fraction of sp³-hybridized carbons (Fsp3) is 0.368. The van der Waals surface area contributed by atoms with Crippen LogP contribution in [0.25, 0.3) is 6.08 Å². The summed E-state index contributed by atoms with van der Waals surface area (Å²) in [6.45, 7) is 1.92. The van der Waals surface area contributed by atoms with Gasteiger partial charge in [0.15, 0.2) is 6.61 Å². The average Bonchev–Trinajstić information content (AvgIpc) is 2.94. The maximum absolute atomic E-state index is 12.5. The molecule has 1 aromatic carbocycles. The number of nitrogens with zero attached hydrogens (tertiary/aromatic N) is 1. The quantitative estimate of drug-likeness (QED) is 0.381. The Labute approximate surface area is 167 Å². The molecule has 0 atom stereocenters. The molecular weight excluding hydrogens is 384 g/mol. The van der Waals surface area contributed by atoms with Crippen molar-refractivity contribution in [1.29, 1.82) is 0 Å². The van der Waals surface area contributed by atoms with Gasteiger partial charge < -0.3 is 14.8 Å². The van der Waals surface area contributed by atoms with Crippen LogP contribution in [0.2, 0.25) is 0 Å². The minimum absolute atomic E-state index is 0.181. The standard InChI is InChI=1S/C19H22N2O6S/c1-3-4-9-20-16(22)11-21-18(24)15(28-19(21)25)10-13-7-5-6-8-14(13)27-12-17(23)26-2/h5-8,10H,3-4,9,11-12H2,1-2H3,(H,20,22)/b15-10-. The maximum Gasteiger partial charge on any atom is 0.343 e. The van der Waals surface area contributed by atoms with Gasteiger partial charge in [-0.05, 0) is 30.3 Å². The van der Waals surface area contributed by atoms with Crippen molar-refractivity contribution in [2.45, 2.75) is 19.8 Å². The molecule has 1 fully saturated rings. The summed E-state index contributed by atoms with van der Waals surface area (Å²) in [6, 6.07) is 6.79. The third-order valence-corrected chi connectivity index (χ3v) is 4.71. The lowest BCUT2D eigenvalue weighted by Crippen LogP contribution is -2.39. The lowest BCUT2D eigenvalue weighted by atomic mass is 10.2. The number of hydrogen-bond donors (Lipinski definition) is 1. The number of nitrogens with one attached hydrogen (secondary N) is 1. The van der Waals surface area contributed by atoms with Gasteiger partial charge in [-0.15, -0.1) is 0 Å². The van der Waals surface area contributed by atoms with E-state index in [9.17, 15) is 19.2 Å². The zero-order chi connectivity index (χ0) is 20.5. The van der Waals surface area contributed by atoms with E-state index in [2.05, 4.69) is 10.1 Å². The number of esters is 1. The number of thioether (sulfide) groups is 1. The van der Waals surface area contributed by atoms with E-state index in [4.69, 9.17) is 4.74 Å². The number of unbranched alkanes of at least 4 members (excludes halogenated alkanes) is 1. The van der Waals surface area contributed by atoms with Crippen molar-refractivity contribution in [1.82, 2.24) is 10.2 Å². The van der Waals surface area contributed by atoms with Crippen LogP contribution in [0.4, 0.5) is 4.79 Å². The molecule has 1 heterocycles. The number of methoxy groups -OCH3 is 1. The Bertz CT molecular complexity index is 792. The summed E-state index contributed by atoms with van der Waals surface area (Å²) in [5.41, 5.74) is 0.532. The van der Waals surface area contributed by atoms with Crippen LogP contribution in [-0.2, 0) is 19.1 Å². The van der Waals surface area contributed by atoms with Crippen molar-refractivity contribution in [2.75, 3.05) is 26.8 Å². The molecule has 1 N–H and O–H groups in total. The first-order valence-corrected chi connectivity index (χ1v) is 9.58. The molecule has 28 heavy (non-hydrogen) atoms. The largest absolute Gasteiger partial charge is 0.481 e. The molecule has 3 amide bonds. The van der Waals surface area contributed by atoms with Gasteiger partial charge in [-0.2, -0.15) is 0 Å². The van der Waals surface area contributed by atoms with Crippen LogP contribution in [0.5, 0.6) is 5.75 Å². The molecule has 0 aliphatic carbocycles. The van der Waals surface area contributed by atoms with Gasteiger partial charge in [0.2, 0.25) is 5.91 Å². The summed E-state index contributed by atoms with van der Waals surface area (Å²) in [4.78, 5) is 48.9. The second-order valence-electron chi connectivity index (χ2n) is 5.87. The Balaban J connectivity index is 2.09. The lowest BCUT2D eigenvalue weighted by molar-refractivity contribution is -0.142. The SMILES string of the molecule is CCCCNC(=O)CN1C(=O)S/C(=C\c2ccccc2OCC(=O)OC)C1=O. The normalized spacial score (nSPS) is 15.1. The fourth-order valence-corrected chi connectivity index (χ4v) is 3.14. The molecule has 0 spiro atoms. The van der Waals surface area contributed by atoms with Gasteiger partial charge >= 0.3 is 5.97 Å². The van der Waals surface area contributed by atoms with Crippen molar-refractivity contribution in [3.05, 3.63) is 34.7 Å². The van der Waals surface area contributed by atoms with Crippen LogP contribution in [0, 0.1) is 0 Å². The number of amides is 3. The molecule has 8 nitrogen and oxygen atoms in total. The molecule has 1 aliphatic heterocycles. The monoisotopic (exact) mass is 406 g/mol. The van der Waals surface area contributed by atoms with Gasteiger partial charge in [-0.25, -0.2) is 4.79 Å². The van der Waals surface area contributed by atoms with Crippen LogP contribution in [0.1, 0.15) is 25.3 Å². The Morgan fingerprint density at radius 2 is 2.00 bits per heavy atom. The van der Waals surface area contributed by atoms with E-state index in [0.29, 0.717) is 17.9 Å². The Kier molecular flexibility index (Phi) is 8.06. The average molecular weight is 406 g/mol. The van der Waals surface area contributed by atoms with Gasteiger partial charge in [0, 0.05) is 12.1 Å². The molecule has 0 unspecified atom stereocenters. The van der Waals surface area contributed by atoms with Crippen LogP contribution in [0.15, 0.2) is 29.2 Å². The number of hydrogen-bond acceptors (Lipinski definition) is 7. The van der Waals surface area contributed by atoms with E-state index in [-0.39, 0.29) is 24.0 Å². The molecule has 1 saturated heterocycles. The highest BCUT2D eigenvalue weighted by molar-refractivity contribution is 8.18. The van der Waals surface area contributed by atoms with E-state index >= 15 is 0 Å². The Morgan fingerprint density at radius 1 is 1.25 bits per heavy atom. The van der Waals surface area contributed by atoms with Crippen molar-refractivity contribution >= 4 is 40.9 Å². The highest BCUT2D eigenvalue weighted by Gasteiger charge is 2.36. The minimum Gasteiger partial charge on any atom is -0.481 e. The fourth-order valence-electron chi connectivity index (χ4n) is 2.31. The van der Waals surface area contributed by atoms with Gasteiger partial charge in [0.1, 0.15) is 12.3 Å². The molecule has 150 valence electrons. The first-order valence-electron chi connectivity index (χ1n) is 8.77. The number of imide groups is 1. The van der Waals surface area contributed by atoms with E-state index in [1.54, 1.807) is 24.3 Å². The molecule has 0 radical (unpaired) electrons. The van der Waals surface area contributed by atoms with E-state index in [1.807, 2.05) is 6.92 Å². The number of carbonyl (C=O) groups excluding carboxylic acids is 4. The molecule has 0 saturated carbocycles. The lowest BCUT2D eigenvalue weighted by Gasteiger charge is -2.12. The summed E-state index contributed by atoms with van der Waals surface area (Å²) in [7, 11) is 1.26. The molecule has 2 rings (SSSR count). The maximum atomic E-state index is 12.5. The predicted octanol–water partition coefficient (Wildman–Crippen LogP) is 2.19. The number of benzene rings is 1. The molecule has 9 heteroatoms. The molecular formula is C19H22N2O6S. The smallest absolute Gasteiger partial charge is 0.343 e. The topological polar surface area (TPSA) is 102 Å². The highest BCUT2D eigenvalue weighted by Crippen LogP contribution is 2.33. The van der Waals surface area contributed by atoms with Gasteiger partial charge in [-0.1, -0.05) is 31.5 Å². The van der Waals surface area contributed by atoms with Crippen molar-refractivity contribution in [3.63, 3.8) is 0 Å². The molecule has 0 bridgehead atoms. The van der Waals surface area contributed by atoms with Crippen molar-refractivity contribution < 1.29 is 28.7 Å². The molecule has 0 aromatic heterocycles. The first-order chi connectivity index (χ1) is 13.5. The number of ether oxygens (including phenoxy) is 2. The minimum atomic E-state index is -0.539. The third kappa shape index (κ3) is 5.85. The van der Waals surface area contributed by atoms with Crippen molar-refractivity contribution in [2.24, 2.45) is 0 Å². The number of rotatable bonds is 9. The highest BCUT2D eigenvalue weighted by atomic mass is 32.2. The molecule has 1 aliphatic rings. The van der Waals surface area contributed by atoms with Gasteiger partial charge in [-0.3, -0.25) is 19.3 Å². The second kappa shape index (κ2) is 10.5. The first kappa shape index (κ1) is 21.5. The summed E-state index contributed by atoms with van der Waals surface area (Å²) in [6.07, 6.45) is 3.27. The van der Waals surface area contributed by atoms with Crippen LogP contribution in [0.3, 0.4) is 0 Å². The Morgan fingerprint density at radius 3 is 2.71 bits per heavy atom. The van der Waals surface area contributed by atoms with Crippen LogP contribution in [-0.4, -0.2) is 54.7 Å². The second-order valence-corrected chi connectivity index (χ2v) is 6.87.